The van der Waals surface area contributed by atoms with Gasteiger partial charge in [-0.05, 0) is 42.5 Å². The van der Waals surface area contributed by atoms with Crippen molar-refractivity contribution in [2.75, 3.05) is 18.2 Å². The quantitative estimate of drug-likeness (QED) is 0.433. The first-order valence-corrected chi connectivity index (χ1v) is 8.96. The Balaban J connectivity index is 1.60. The van der Waals surface area contributed by atoms with Crippen LogP contribution in [0, 0.1) is 0 Å². The first-order valence-electron chi connectivity index (χ1n) is 8.14. The number of nitrogens with zero attached hydrogens (tertiary/aromatic N) is 1. The molecular formula is C20H18N4OS. The zero-order valence-corrected chi connectivity index (χ0v) is 15.0. The maximum absolute atomic E-state index is 5.98. The molecule has 0 fully saturated rings. The molecule has 0 bridgehead atoms. The van der Waals surface area contributed by atoms with Crippen molar-refractivity contribution in [3.8, 4) is 5.75 Å². The molecule has 26 heavy (non-hydrogen) atoms. The number of nitrogen functional groups attached to an aromatic ring is 1. The number of para-hydroxylation sites is 2. The van der Waals surface area contributed by atoms with Crippen LogP contribution in [0.2, 0.25) is 0 Å². The molecule has 5 nitrogen and oxygen atoms in total. The number of aromatic amines is 1. The topological polar surface area (TPSA) is 76.0 Å². The van der Waals surface area contributed by atoms with Gasteiger partial charge in [0, 0.05) is 21.4 Å². The van der Waals surface area contributed by atoms with E-state index in [9.17, 15) is 0 Å². The van der Waals surface area contributed by atoms with Crippen LogP contribution in [0.25, 0.3) is 11.0 Å². The number of H-pyrrole nitrogens is 1. The molecule has 0 saturated carbocycles. The summed E-state index contributed by atoms with van der Waals surface area (Å²) < 4.78 is 5.29. The summed E-state index contributed by atoms with van der Waals surface area (Å²) in [7, 11) is 1.67. The monoisotopic (exact) mass is 362 g/mol. The largest absolute Gasteiger partial charge is 0.497 e. The van der Waals surface area contributed by atoms with Gasteiger partial charge in [0.25, 0.3) is 0 Å². The fourth-order valence-electron chi connectivity index (χ4n) is 2.67. The summed E-state index contributed by atoms with van der Waals surface area (Å²) in [5.41, 5.74) is 8.35. The predicted octanol–water partition coefficient (Wildman–Crippen LogP) is 5.05. The molecule has 0 atom stereocenters. The summed E-state index contributed by atoms with van der Waals surface area (Å²) in [5, 5.41) is 4.33. The third-order valence-corrected chi connectivity index (χ3v) is 5.04. The van der Waals surface area contributed by atoms with Gasteiger partial charge < -0.3 is 20.8 Å². The molecule has 0 unspecified atom stereocenters. The Morgan fingerprint density at radius 1 is 1.08 bits per heavy atom. The number of hydrogen-bond donors (Lipinski definition) is 3. The number of hydrogen-bond acceptors (Lipinski definition) is 5. The van der Waals surface area contributed by atoms with Crippen molar-refractivity contribution < 1.29 is 4.74 Å². The highest BCUT2D eigenvalue weighted by Gasteiger charge is 2.09. The van der Waals surface area contributed by atoms with E-state index in [0.29, 0.717) is 5.69 Å². The van der Waals surface area contributed by atoms with Crippen molar-refractivity contribution in [1.82, 2.24) is 9.97 Å². The number of rotatable bonds is 5. The third kappa shape index (κ3) is 3.32. The van der Waals surface area contributed by atoms with Crippen LogP contribution >= 0.6 is 11.8 Å². The molecule has 0 saturated heterocycles. The summed E-state index contributed by atoms with van der Waals surface area (Å²) in [6.07, 6.45) is 1.97. The lowest BCUT2D eigenvalue weighted by Crippen LogP contribution is -1.97. The van der Waals surface area contributed by atoms with Crippen LogP contribution in [0.15, 0.2) is 76.7 Å². The summed E-state index contributed by atoms with van der Waals surface area (Å²) in [4.78, 5) is 10.1. The zero-order valence-electron chi connectivity index (χ0n) is 14.2. The second-order valence-electron chi connectivity index (χ2n) is 5.74. The molecule has 6 heteroatoms. The maximum Gasteiger partial charge on any atom is 0.140 e. The Kier molecular flexibility index (Phi) is 4.41. The van der Waals surface area contributed by atoms with E-state index in [-0.39, 0.29) is 0 Å². The molecule has 130 valence electrons. The highest BCUT2D eigenvalue weighted by molar-refractivity contribution is 7.99. The molecule has 4 rings (SSSR count). The van der Waals surface area contributed by atoms with E-state index >= 15 is 0 Å². The summed E-state index contributed by atoms with van der Waals surface area (Å²) in [6, 6.07) is 19.7. The fourth-order valence-corrected chi connectivity index (χ4v) is 3.64. The molecule has 0 radical (unpaired) electrons. The van der Waals surface area contributed by atoms with Crippen LogP contribution in [0.3, 0.4) is 0 Å². The molecule has 4 N–H and O–H groups in total. The zero-order chi connectivity index (χ0) is 17.9. The number of nitrogens with two attached hydrogens (primary N) is 1. The minimum atomic E-state index is 0.690. The van der Waals surface area contributed by atoms with Crippen molar-refractivity contribution >= 4 is 40.0 Å². The smallest absolute Gasteiger partial charge is 0.140 e. The average Bonchev–Trinajstić information content (AvgIpc) is 3.06. The van der Waals surface area contributed by atoms with Crippen LogP contribution in [0.5, 0.6) is 5.75 Å². The number of benzene rings is 2. The Labute approximate surface area is 155 Å². The maximum atomic E-state index is 5.98. The van der Waals surface area contributed by atoms with Gasteiger partial charge in [0.05, 0.1) is 18.5 Å². The minimum Gasteiger partial charge on any atom is -0.497 e. The standard InChI is InChI=1S/C20H18N4OS/c1-25-13-5-4-6-14(11-13)26-18-12-22-20-15(18)9-10-19(24-20)23-17-8-3-2-7-16(17)21/h2-12H,21H2,1H3,(H2,22,23,24). The summed E-state index contributed by atoms with van der Waals surface area (Å²) in [5.74, 6) is 1.59. The van der Waals surface area contributed by atoms with Gasteiger partial charge in [-0.3, -0.25) is 0 Å². The lowest BCUT2D eigenvalue weighted by atomic mass is 10.2. The number of ether oxygens (including phenoxy) is 1. The van der Waals surface area contributed by atoms with Gasteiger partial charge in [0.15, 0.2) is 0 Å². The molecule has 0 spiro atoms. The van der Waals surface area contributed by atoms with Crippen LogP contribution in [-0.2, 0) is 0 Å². The summed E-state index contributed by atoms with van der Waals surface area (Å²) in [6.45, 7) is 0. The van der Waals surface area contributed by atoms with E-state index < -0.39 is 0 Å². The van der Waals surface area contributed by atoms with Crippen molar-refractivity contribution in [3.63, 3.8) is 0 Å². The lowest BCUT2D eigenvalue weighted by Gasteiger charge is -2.08. The van der Waals surface area contributed by atoms with Crippen LogP contribution in [0.1, 0.15) is 0 Å². The molecule has 2 heterocycles. The Morgan fingerprint density at radius 3 is 2.81 bits per heavy atom. The molecule has 0 aliphatic heterocycles. The van der Waals surface area contributed by atoms with Crippen LogP contribution in [0.4, 0.5) is 17.2 Å². The van der Waals surface area contributed by atoms with Crippen LogP contribution < -0.4 is 15.8 Å². The minimum absolute atomic E-state index is 0.690. The van der Waals surface area contributed by atoms with Crippen LogP contribution in [-0.4, -0.2) is 17.1 Å². The second-order valence-corrected chi connectivity index (χ2v) is 6.85. The second kappa shape index (κ2) is 7.01. The van der Waals surface area contributed by atoms with Gasteiger partial charge >= 0.3 is 0 Å². The van der Waals surface area contributed by atoms with E-state index in [4.69, 9.17) is 10.5 Å². The first-order chi connectivity index (χ1) is 12.7. The highest BCUT2D eigenvalue weighted by Crippen LogP contribution is 2.35. The predicted molar refractivity (Wildman–Crippen MR) is 107 cm³/mol. The van der Waals surface area contributed by atoms with Gasteiger partial charge in [-0.1, -0.05) is 30.0 Å². The van der Waals surface area contributed by atoms with Gasteiger partial charge in [-0.2, -0.15) is 0 Å². The van der Waals surface area contributed by atoms with Gasteiger partial charge in [0.1, 0.15) is 17.2 Å². The summed E-state index contributed by atoms with van der Waals surface area (Å²) >= 11 is 1.67. The SMILES string of the molecule is COc1cccc(Sc2c[nH]c3nc(Nc4ccccc4N)ccc23)c1. The van der Waals surface area contributed by atoms with E-state index in [1.54, 1.807) is 18.9 Å². The molecule has 2 aromatic carbocycles. The lowest BCUT2D eigenvalue weighted by molar-refractivity contribution is 0.413. The van der Waals surface area contributed by atoms with Gasteiger partial charge in [-0.15, -0.1) is 0 Å². The molecule has 2 aromatic heterocycles. The molecule has 0 aliphatic carbocycles. The third-order valence-electron chi connectivity index (χ3n) is 3.99. The number of fused-ring (bicyclic) bond motifs is 1. The van der Waals surface area contributed by atoms with Crippen molar-refractivity contribution in [2.45, 2.75) is 9.79 Å². The number of nitrogens with one attached hydrogen (secondary N) is 2. The van der Waals surface area contributed by atoms with Gasteiger partial charge in [-0.25, -0.2) is 4.98 Å². The Hall–Kier alpha value is -3.12. The van der Waals surface area contributed by atoms with E-state index in [1.165, 1.54) is 0 Å². The average molecular weight is 362 g/mol. The van der Waals surface area contributed by atoms with Gasteiger partial charge in [0.2, 0.25) is 0 Å². The van der Waals surface area contributed by atoms with Crippen molar-refractivity contribution in [2.24, 2.45) is 0 Å². The number of pyridine rings is 1. The van der Waals surface area contributed by atoms with Crippen molar-refractivity contribution in [3.05, 3.63) is 66.9 Å². The van der Waals surface area contributed by atoms with E-state index in [0.717, 1.165) is 38.1 Å². The molecule has 0 aliphatic rings. The molecular weight excluding hydrogens is 344 g/mol. The van der Waals surface area contributed by atoms with Crippen molar-refractivity contribution in [1.29, 1.82) is 0 Å². The number of anilines is 3. The number of methoxy groups -OCH3 is 1. The number of aromatic nitrogens is 2. The highest BCUT2D eigenvalue weighted by atomic mass is 32.2. The molecule has 4 aromatic rings. The van der Waals surface area contributed by atoms with E-state index in [1.807, 2.05) is 54.7 Å². The first kappa shape index (κ1) is 16.4. The fraction of sp³-hybridized carbons (Fsp3) is 0.0500. The Bertz CT molecular complexity index is 1060. The molecule has 0 amide bonds. The Morgan fingerprint density at radius 2 is 1.96 bits per heavy atom. The van der Waals surface area contributed by atoms with E-state index in [2.05, 4.69) is 27.4 Å². The normalized spacial score (nSPS) is 10.8.